The second kappa shape index (κ2) is 9.98. The summed E-state index contributed by atoms with van der Waals surface area (Å²) in [6, 6.07) is 13.0. The zero-order chi connectivity index (χ0) is 21.6. The maximum Gasteiger partial charge on any atom is 0.244 e. The SMILES string of the molecule is CC[C@@H](C(=O)NCc1cccc(OC(C)C)c1)N(c1cccc(Cl)c1)S(C)(=O)=O. The Labute approximate surface area is 177 Å². The van der Waals surface area contributed by atoms with Crippen LogP contribution in [0.25, 0.3) is 0 Å². The van der Waals surface area contributed by atoms with Gasteiger partial charge in [-0.05, 0) is 56.2 Å². The van der Waals surface area contributed by atoms with Crippen LogP contribution in [0.5, 0.6) is 5.75 Å². The van der Waals surface area contributed by atoms with Gasteiger partial charge in [0.15, 0.2) is 0 Å². The number of nitrogens with zero attached hydrogens (tertiary/aromatic N) is 1. The first-order valence-corrected chi connectivity index (χ1v) is 11.6. The molecule has 0 saturated heterocycles. The molecule has 2 rings (SSSR count). The predicted molar refractivity (Wildman–Crippen MR) is 117 cm³/mol. The monoisotopic (exact) mass is 438 g/mol. The average Bonchev–Trinajstić information content (AvgIpc) is 2.62. The average molecular weight is 439 g/mol. The van der Waals surface area contributed by atoms with Crippen molar-refractivity contribution in [3.8, 4) is 5.75 Å². The molecular formula is C21H27ClN2O4S. The molecular weight excluding hydrogens is 412 g/mol. The van der Waals surface area contributed by atoms with Crippen molar-refractivity contribution in [3.05, 3.63) is 59.1 Å². The molecule has 1 atom stereocenters. The summed E-state index contributed by atoms with van der Waals surface area (Å²) < 4.78 is 31.7. The number of nitrogens with one attached hydrogen (secondary N) is 1. The van der Waals surface area contributed by atoms with Crippen molar-refractivity contribution in [1.82, 2.24) is 5.32 Å². The summed E-state index contributed by atoms with van der Waals surface area (Å²) in [5, 5.41) is 3.23. The predicted octanol–water partition coefficient (Wildman–Crippen LogP) is 3.99. The standard InChI is InChI=1S/C21H27ClN2O4S/c1-5-20(24(29(4,26)27)18-10-7-9-17(22)13-18)21(25)23-14-16-8-6-11-19(12-16)28-15(2)3/h6-13,15,20H,5,14H2,1-4H3,(H,23,25)/t20-/m0/s1. The number of hydrogen-bond donors (Lipinski definition) is 1. The van der Waals surface area contributed by atoms with Gasteiger partial charge in [0.25, 0.3) is 0 Å². The Bertz CT molecular complexity index is 947. The van der Waals surface area contributed by atoms with Gasteiger partial charge < -0.3 is 10.1 Å². The first-order valence-electron chi connectivity index (χ1n) is 9.40. The maximum atomic E-state index is 12.9. The fourth-order valence-electron chi connectivity index (χ4n) is 2.98. The van der Waals surface area contributed by atoms with Crippen molar-refractivity contribution < 1.29 is 17.9 Å². The Kier molecular flexibility index (Phi) is 7.93. The van der Waals surface area contributed by atoms with Crippen LogP contribution in [0.3, 0.4) is 0 Å². The smallest absolute Gasteiger partial charge is 0.244 e. The van der Waals surface area contributed by atoms with Crippen LogP contribution in [-0.4, -0.2) is 32.7 Å². The number of carbonyl (C=O) groups excluding carboxylic acids is 1. The minimum absolute atomic E-state index is 0.0466. The highest BCUT2D eigenvalue weighted by Crippen LogP contribution is 2.25. The van der Waals surface area contributed by atoms with Gasteiger partial charge in [-0.15, -0.1) is 0 Å². The Morgan fingerprint density at radius 1 is 1.17 bits per heavy atom. The number of benzene rings is 2. The summed E-state index contributed by atoms with van der Waals surface area (Å²) in [6.07, 6.45) is 1.43. The lowest BCUT2D eigenvalue weighted by atomic mass is 10.1. The lowest BCUT2D eigenvalue weighted by Gasteiger charge is -2.30. The Balaban J connectivity index is 2.20. The summed E-state index contributed by atoms with van der Waals surface area (Å²) in [7, 11) is -3.70. The third-order valence-corrected chi connectivity index (χ3v) is 5.54. The van der Waals surface area contributed by atoms with E-state index in [2.05, 4.69) is 5.32 Å². The molecule has 8 heteroatoms. The van der Waals surface area contributed by atoms with Crippen LogP contribution in [0.2, 0.25) is 5.02 Å². The number of ether oxygens (including phenoxy) is 1. The normalized spacial score (nSPS) is 12.5. The van der Waals surface area contributed by atoms with Crippen molar-refractivity contribution in [1.29, 1.82) is 0 Å². The first-order chi connectivity index (χ1) is 13.6. The first kappa shape index (κ1) is 23.0. The molecule has 0 aliphatic carbocycles. The van der Waals surface area contributed by atoms with Crippen LogP contribution in [0.4, 0.5) is 5.69 Å². The summed E-state index contributed by atoms with van der Waals surface area (Å²) in [6.45, 7) is 5.91. The van der Waals surface area contributed by atoms with Gasteiger partial charge in [0.1, 0.15) is 11.8 Å². The Morgan fingerprint density at radius 3 is 2.45 bits per heavy atom. The van der Waals surface area contributed by atoms with E-state index in [9.17, 15) is 13.2 Å². The van der Waals surface area contributed by atoms with Gasteiger partial charge in [-0.1, -0.05) is 36.7 Å². The van der Waals surface area contributed by atoms with E-state index in [1.54, 1.807) is 25.1 Å². The molecule has 2 aromatic rings. The lowest BCUT2D eigenvalue weighted by molar-refractivity contribution is -0.122. The minimum atomic E-state index is -3.70. The zero-order valence-electron chi connectivity index (χ0n) is 17.1. The van der Waals surface area contributed by atoms with Crippen LogP contribution in [-0.2, 0) is 21.4 Å². The van der Waals surface area contributed by atoms with E-state index < -0.39 is 16.1 Å². The fourth-order valence-corrected chi connectivity index (χ4v) is 4.37. The van der Waals surface area contributed by atoms with Gasteiger partial charge >= 0.3 is 0 Å². The van der Waals surface area contributed by atoms with Crippen molar-refractivity contribution >= 4 is 33.2 Å². The van der Waals surface area contributed by atoms with Crippen molar-refractivity contribution in [3.63, 3.8) is 0 Å². The molecule has 0 radical (unpaired) electrons. The van der Waals surface area contributed by atoms with Crippen LogP contribution >= 0.6 is 11.6 Å². The van der Waals surface area contributed by atoms with Crippen LogP contribution in [0, 0.1) is 0 Å². The van der Waals surface area contributed by atoms with Gasteiger partial charge in [-0.25, -0.2) is 8.42 Å². The molecule has 0 aliphatic rings. The number of rotatable bonds is 9. The highest BCUT2D eigenvalue weighted by atomic mass is 35.5. The van der Waals surface area contributed by atoms with E-state index in [-0.39, 0.29) is 18.6 Å². The highest BCUT2D eigenvalue weighted by molar-refractivity contribution is 7.92. The molecule has 0 fully saturated rings. The van der Waals surface area contributed by atoms with Gasteiger partial charge in [-0.2, -0.15) is 0 Å². The number of hydrogen-bond acceptors (Lipinski definition) is 4. The largest absolute Gasteiger partial charge is 0.491 e. The second-order valence-corrected chi connectivity index (χ2v) is 9.29. The second-order valence-electron chi connectivity index (χ2n) is 6.99. The molecule has 1 amide bonds. The molecule has 0 unspecified atom stereocenters. The topological polar surface area (TPSA) is 75.7 Å². The van der Waals surface area contributed by atoms with E-state index in [0.717, 1.165) is 21.9 Å². The molecule has 1 N–H and O–H groups in total. The number of halogens is 1. The molecule has 6 nitrogen and oxygen atoms in total. The van der Waals surface area contributed by atoms with Crippen molar-refractivity contribution in [2.75, 3.05) is 10.6 Å². The summed E-state index contributed by atoms with van der Waals surface area (Å²) in [5.74, 6) is 0.337. The molecule has 2 aromatic carbocycles. The third-order valence-electron chi connectivity index (χ3n) is 4.13. The Morgan fingerprint density at radius 2 is 1.86 bits per heavy atom. The summed E-state index contributed by atoms with van der Waals surface area (Å²) in [4.78, 5) is 12.9. The van der Waals surface area contributed by atoms with Gasteiger partial charge in [-0.3, -0.25) is 9.10 Å². The van der Waals surface area contributed by atoms with Crippen LogP contribution in [0.15, 0.2) is 48.5 Å². The number of anilines is 1. The molecule has 0 aromatic heterocycles. The molecule has 0 saturated carbocycles. The van der Waals surface area contributed by atoms with Crippen LogP contribution < -0.4 is 14.4 Å². The van der Waals surface area contributed by atoms with E-state index in [1.165, 1.54) is 6.07 Å². The third kappa shape index (κ3) is 6.65. The molecule has 29 heavy (non-hydrogen) atoms. The van der Waals surface area contributed by atoms with Gasteiger partial charge in [0.05, 0.1) is 18.0 Å². The molecule has 0 aliphatic heterocycles. The lowest BCUT2D eigenvalue weighted by Crippen LogP contribution is -2.49. The number of amides is 1. The molecule has 0 heterocycles. The summed E-state index contributed by atoms with van der Waals surface area (Å²) in [5.41, 5.74) is 1.22. The number of sulfonamides is 1. The molecule has 158 valence electrons. The minimum Gasteiger partial charge on any atom is -0.491 e. The fraction of sp³-hybridized carbons (Fsp3) is 0.381. The molecule has 0 bridgehead atoms. The van der Waals surface area contributed by atoms with E-state index in [1.807, 2.05) is 38.1 Å². The van der Waals surface area contributed by atoms with Crippen molar-refractivity contribution in [2.45, 2.75) is 45.9 Å². The Hall–Kier alpha value is -2.25. The number of carbonyl (C=O) groups is 1. The molecule has 0 spiro atoms. The van der Waals surface area contributed by atoms with Gasteiger partial charge in [0, 0.05) is 11.6 Å². The van der Waals surface area contributed by atoms with Gasteiger partial charge in [0.2, 0.25) is 15.9 Å². The quantitative estimate of drug-likeness (QED) is 0.642. The highest BCUT2D eigenvalue weighted by Gasteiger charge is 2.31. The summed E-state index contributed by atoms with van der Waals surface area (Å²) >= 11 is 6.02. The zero-order valence-corrected chi connectivity index (χ0v) is 18.6. The van der Waals surface area contributed by atoms with E-state index in [4.69, 9.17) is 16.3 Å². The van der Waals surface area contributed by atoms with Crippen molar-refractivity contribution in [2.24, 2.45) is 0 Å². The van der Waals surface area contributed by atoms with E-state index >= 15 is 0 Å². The van der Waals surface area contributed by atoms with E-state index in [0.29, 0.717) is 17.1 Å². The maximum absolute atomic E-state index is 12.9. The van der Waals surface area contributed by atoms with Crippen LogP contribution in [0.1, 0.15) is 32.8 Å².